The molecule has 1 aliphatic heterocycles. The van der Waals surface area contributed by atoms with Crippen molar-refractivity contribution in [2.75, 3.05) is 12.3 Å². The maximum atomic E-state index is 12.9. The van der Waals surface area contributed by atoms with Gasteiger partial charge in [0.05, 0.1) is 11.9 Å². The monoisotopic (exact) mass is 290 g/mol. The first kappa shape index (κ1) is 15.7. The van der Waals surface area contributed by atoms with Crippen molar-refractivity contribution in [2.45, 2.75) is 64.8 Å². The highest BCUT2D eigenvalue weighted by molar-refractivity contribution is 5.97. The molecule has 1 amide bonds. The molecular weight excluding hydrogens is 264 g/mol. The van der Waals surface area contributed by atoms with E-state index >= 15 is 0 Å². The van der Waals surface area contributed by atoms with E-state index in [9.17, 15) is 4.79 Å². The smallest absolute Gasteiger partial charge is 0.274 e. The molecule has 2 N–H and O–H groups in total. The van der Waals surface area contributed by atoms with Gasteiger partial charge in [-0.2, -0.15) is 0 Å². The molecule has 1 aromatic rings. The predicted molar refractivity (Wildman–Crippen MR) is 84.1 cm³/mol. The first-order valence-corrected chi connectivity index (χ1v) is 7.98. The molecule has 0 radical (unpaired) electrons. The van der Waals surface area contributed by atoms with Crippen molar-refractivity contribution in [3.05, 3.63) is 17.7 Å². The minimum atomic E-state index is -0.0365. The van der Waals surface area contributed by atoms with Gasteiger partial charge < -0.3 is 10.6 Å². The van der Waals surface area contributed by atoms with E-state index in [4.69, 9.17) is 5.73 Å². The van der Waals surface area contributed by atoms with Crippen molar-refractivity contribution >= 4 is 11.6 Å². The SMILES string of the molecule is CCC1CCCCCN1C(=O)c1nc(C(C)C)ncc1N. The molecule has 1 unspecified atom stereocenters. The Kier molecular flexibility index (Phi) is 5.15. The highest BCUT2D eigenvalue weighted by Gasteiger charge is 2.27. The van der Waals surface area contributed by atoms with Gasteiger partial charge in [-0.15, -0.1) is 0 Å². The summed E-state index contributed by atoms with van der Waals surface area (Å²) in [6.45, 7) is 6.97. The number of hydrogen-bond acceptors (Lipinski definition) is 4. The number of nitrogens with zero attached hydrogens (tertiary/aromatic N) is 3. The Bertz CT molecular complexity index is 501. The van der Waals surface area contributed by atoms with Gasteiger partial charge in [-0.3, -0.25) is 4.79 Å². The lowest BCUT2D eigenvalue weighted by atomic mass is 10.1. The molecule has 0 aliphatic carbocycles. The van der Waals surface area contributed by atoms with E-state index in [0.29, 0.717) is 23.2 Å². The summed E-state index contributed by atoms with van der Waals surface area (Å²) in [5.74, 6) is 0.823. The molecule has 116 valence electrons. The Hall–Kier alpha value is -1.65. The third-order valence-corrected chi connectivity index (χ3v) is 4.16. The van der Waals surface area contributed by atoms with Gasteiger partial charge in [-0.1, -0.05) is 33.6 Å². The summed E-state index contributed by atoms with van der Waals surface area (Å²) >= 11 is 0. The van der Waals surface area contributed by atoms with Crippen LogP contribution in [0.2, 0.25) is 0 Å². The molecule has 1 fully saturated rings. The molecule has 5 heteroatoms. The van der Waals surface area contributed by atoms with Crippen LogP contribution in [-0.4, -0.2) is 33.4 Å². The lowest BCUT2D eigenvalue weighted by molar-refractivity contribution is 0.0672. The van der Waals surface area contributed by atoms with E-state index in [1.165, 1.54) is 12.8 Å². The second-order valence-electron chi connectivity index (χ2n) is 6.10. The highest BCUT2D eigenvalue weighted by atomic mass is 16.2. The van der Waals surface area contributed by atoms with E-state index in [2.05, 4.69) is 16.9 Å². The molecule has 0 bridgehead atoms. The fraction of sp³-hybridized carbons (Fsp3) is 0.688. The number of carbonyl (C=O) groups excluding carboxylic acids is 1. The van der Waals surface area contributed by atoms with Gasteiger partial charge in [0.25, 0.3) is 5.91 Å². The Morgan fingerprint density at radius 3 is 2.86 bits per heavy atom. The Balaban J connectivity index is 2.31. The van der Waals surface area contributed by atoms with Crippen molar-refractivity contribution in [1.82, 2.24) is 14.9 Å². The van der Waals surface area contributed by atoms with Crippen LogP contribution in [0.3, 0.4) is 0 Å². The average molecular weight is 290 g/mol. The average Bonchev–Trinajstić information content (AvgIpc) is 2.71. The number of carbonyl (C=O) groups is 1. The molecule has 1 saturated heterocycles. The summed E-state index contributed by atoms with van der Waals surface area (Å²) in [6.07, 6.45) is 7.06. The number of aromatic nitrogens is 2. The van der Waals surface area contributed by atoms with Crippen LogP contribution in [-0.2, 0) is 0 Å². The highest BCUT2D eigenvalue weighted by Crippen LogP contribution is 2.23. The number of nitrogens with two attached hydrogens (primary N) is 1. The summed E-state index contributed by atoms with van der Waals surface area (Å²) in [6, 6.07) is 0.303. The normalized spacial score (nSPS) is 19.6. The van der Waals surface area contributed by atoms with Crippen molar-refractivity contribution in [3.8, 4) is 0 Å². The van der Waals surface area contributed by atoms with Gasteiger partial charge in [0.15, 0.2) is 5.69 Å². The molecule has 0 saturated carbocycles. The maximum absolute atomic E-state index is 12.9. The van der Waals surface area contributed by atoms with Crippen molar-refractivity contribution < 1.29 is 4.79 Å². The van der Waals surface area contributed by atoms with E-state index in [1.807, 2.05) is 18.7 Å². The van der Waals surface area contributed by atoms with Crippen LogP contribution < -0.4 is 5.73 Å². The summed E-state index contributed by atoms with van der Waals surface area (Å²) < 4.78 is 0. The summed E-state index contributed by atoms with van der Waals surface area (Å²) in [5.41, 5.74) is 6.70. The van der Waals surface area contributed by atoms with Crippen LogP contribution in [0, 0.1) is 0 Å². The van der Waals surface area contributed by atoms with Crippen LogP contribution in [0.25, 0.3) is 0 Å². The Morgan fingerprint density at radius 2 is 2.19 bits per heavy atom. The zero-order valence-corrected chi connectivity index (χ0v) is 13.3. The van der Waals surface area contributed by atoms with Gasteiger partial charge in [0, 0.05) is 18.5 Å². The van der Waals surface area contributed by atoms with Gasteiger partial charge in [-0.05, 0) is 19.3 Å². The molecule has 2 rings (SSSR count). The minimum Gasteiger partial charge on any atom is -0.396 e. The standard InChI is InChI=1S/C16H26N4O/c1-4-12-8-6-5-7-9-20(12)16(21)14-13(17)10-18-15(19-14)11(2)3/h10-12H,4-9,17H2,1-3H3. The fourth-order valence-electron chi connectivity index (χ4n) is 2.86. The Morgan fingerprint density at radius 1 is 1.43 bits per heavy atom. The van der Waals surface area contributed by atoms with Crippen LogP contribution >= 0.6 is 0 Å². The number of anilines is 1. The largest absolute Gasteiger partial charge is 0.396 e. The van der Waals surface area contributed by atoms with Crippen LogP contribution in [0.4, 0.5) is 5.69 Å². The second-order valence-corrected chi connectivity index (χ2v) is 6.10. The minimum absolute atomic E-state index is 0.0365. The summed E-state index contributed by atoms with van der Waals surface area (Å²) in [5, 5.41) is 0. The number of likely N-dealkylation sites (tertiary alicyclic amines) is 1. The fourth-order valence-corrected chi connectivity index (χ4v) is 2.86. The quantitative estimate of drug-likeness (QED) is 0.929. The van der Waals surface area contributed by atoms with E-state index in [0.717, 1.165) is 25.8 Å². The van der Waals surface area contributed by atoms with Crippen molar-refractivity contribution in [1.29, 1.82) is 0 Å². The number of nitrogen functional groups attached to an aromatic ring is 1. The Labute approximate surface area is 127 Å². The number of amides is 1. The summed E-state index contributed by atoms with van der Waals surface area (Å²) in [7, 11) is 0. The molecule has 1 atom stereocenters. The maximum Gasteiger partial charge on any atom is 0.274 e. The lowest BCUT2D eigenvalue weighted by Crippen LogP contribution is -2.40. The third-order valence-electron chi connectivity index (χ3n) is 4.16. The third kappa shape index (κ3) is 3.52. The number of rotatable bonds is 3. The topological polar surface area (TPSA) is 72.1 Å². The second kappa shape index (κ2) is 6.87. The molecular formula is C16H26N4O. The van der Waals surface area contributed by atoms with E-state index in [1.54, 1.807) is 6.20 Å². The molecule has 1 aromatic heterocycles. The van der Waals surface area contributed by atoms with Crippen LogP contribution in [0.15, 0.2) is 6.20 Å². The van der Waals surface area contributed by atoms with Crippen LogP contribution in [0.5, 0.6) is 0 Å². The lowest BCUT2D eigenvalue weighted by Gasteiger charge is -2.29. The van der Waals surface area contributed by atoms with Gasteiger partial charge >= 0.3 is 0 Å². The molecule has 2 heterocycles. The first-order valence-electron chi connectivity index (χ1n) is 7.98. The summed E-state index contributed by atoms with van der Waals surface area (Å²) in [4.78, 5) is 23.5. The molecule has 0 spiro atoms. The number of hydrogen-bond donors (Lipinski definition) is 1. The van der Waals surface area contributed by atoms with E-state index in [-0.39, 0.29) is 11.8 Å². The molecule has 0 aromatic carbocycles. The van der Waals surface area contributed by atoms with Crippen molar-refractivity contribution in [3.63, 3.8) is 0 Å². The van der Waals surface area contributed by atoms with Crippen molar-refractivity contribution in [2.24, 2.45) is 0 Å². The van der Waals surface area contributed by atoms with Gasteiger partial charge in [0.2, 0.25) is 0 Å². The molecule has 1 aliphatic rings. The van der Waals surface area contributed by atoms with Gasteiger partial charge in [-0.25, -0.2) is 9.97 Å². The van der Waals surface area contributed by atoms with Crippen LogP contribution in [0.1, 0.15) is 75.1 Å². The van der Waals surface area contributed by atoms with E-state index < -0.39 is 0 Å². The zero-order valence-electron chi connectivity index (χ0n) is 13.3. The zero-order chi connectivity index (χ0) is 15.4. The van der Waals surface area contributed by atoms with Gasteiger partial charge in [0.1, 0.15) is 5.82 Å². The molecule has 5 nitrogen and oxygen atoms in total. The first-order chi connectivity index (χ1) is 10.0. The predicted octanol–water partition coefficient (Wildman–Crippen LogP) is 2.98. The molecule has 21 heavy (non-hydrogen) atoms.